The molecule has 150 valence electrons. The van der Waals surface area contributed by atoms with Gasteiger partial charge in [0.05, 0.1) is 23.5 Å². The van der Waals surface area contributed by atoms with Crippen molar-refractivity contribution in [3.8, 4) is 39.1 Å². The summed E-state index contributed by atoms with van der Waals surface area (Å²) in [6.07, 6.45) is 4.00. The van der Waals surface area contributed by atoms with Gasteiger partial charge in [-0.1, -0.05) is 17.7 Å². The standard InChI is InChI=1S/C23H18ClN3O2S/c1-14-22(15-11-21(25-12-15)29-18-7-5-17(28-2)6-8-18)27-13-16(20-4-3-9-30-20)10-19(24)23(27)26-14/h3-13,25H,1-2H3. The Morgan fingerprint density at radius 2 is 1.87 bits per heavy atom. The number of hydrogen-bond acceptors (Lipinski definition) is 4. The molecule has 30 heavy (non-hydrogen) atoms. The Hall–Kier alpha value is -3.22. The number of benzene rings is 1. The van der Waals surface area contributed by atoms with Crippen LogP contribution in [0.15, 0.2) is 66.3 Å². The number of nitrogens with one attached hydrogen (secondary N) is 1. The Balaban J connectivity index is 1.53. The fourth-order valence-corrected chi connectivity index (χ4v) is 4.44. The van der Waals surface area contributed by atoms with E-state index in [1.54, 1.807) is 18.4 Å². The Morgan fingerprint density at radius 1 is 1.07 bits per heavy atom. The lowest BCUT2D eigenvalue weighted by atomic mass is 10.2. The highest BCUT2D eigenvalue weighted by Gasteiger charge is 2.17. The molecule has 0 saturated carbocycles. The summed E-state index contributed by atoms with van der Waals surface area (Å²) in [6, 6.07) is 15.5. The lowest BCUT2D eigenvalue weighted by Gasteiger charge is -2.06. The molecule has 0 saturated heterocycles. The molecular weight excluding hydrogens is 418 g/mol. The van der Waals surface area contributed by atoms with Gasteiger partial charge in [0.2, 0.25) is 0 Å². The third-order valence-corrected chi connectivity index (χ3v) is 6.07. The normalized spacial score (nSPS) is 11.2. The summed E-state index contributed by atoms with van der Waals surface area (Å²) in [5.74, 6) is 2.15. The van der Waals surface area contributed by atoms with Crippen LogP contribution in [0, 0.1) is 6.92 Å². The van der Waals surface area contributed by atoms with Gasteiger partial charge in [-0.05, 0) is 48.7 Å². The van der Waals surface area contributed by atoms with Gasteiger partial charge >= 0.3 is 0 Å². The van der Waals surface area contributed by atoms with Crippen molar-refractivity contribution in [3.05, 3.63) is 77.0 Å². The number of imidazole rings is 1. The lowest BCUT2D eigenvalue weighted by Crippen LogP contribution is -1.90. The molecule has 4 aromatic heterocycles. The molecule has 0 aliphatic heterocycles. The predicted molar refractivity (Wildman–Crippen MR) is 121 cm³/mol. The number of H-pyrrole nitrogens is 1. The summed E-state index contributed by atoms with van der Waals surface area (Å²) < 4.78 is 13.2. The van der Waals surface area contributed by atoms with Crippen molar-refractivity contribution in [2.45, 2.75) is 6.92 Å². The molecule has 4 heterocycles. The summed E-state index contributed by atoms with van der Waals surface area (Å²) in [5.41, 5.74) is 4.65. The Morgan fingerprint density at radius 3 is 2.60 bits per heavy atom. The molecule has 0 unspecified atom stereocenters. The van der Waals surface area contributed by atoms with Gasteiger partial charge in [-0.25, -0.2) is 4.98 Å². The second-order valence-electron chi connectivity index (χ2n) is 6.82. The van der Waals surface area contributed by atoms with E-state index in [0.29, 0.717) is 10.9 Å². The van der Waals surface area contributed by atoms with E-state index in [1.807, 2.05) is 60.0 Å². The highest BCUT2D eigenvalue weighted by molar-refractivity contribution is 7.13. The summed E-state index contributed by atoms with van der Waals surface area (Å²) in [7, 11) is 1.64. The van der Waals surface area contributed by atoms with Crippen LogP contribution in [0.1, 0.15) is 5.69 Å². The molecule has 0 aliphatic rings. The molecular formula is C23H18ClN3O2S. The Bertz CT molecular complexity index is 1320. The number of aromatic amines is 1. The molecule has 0 radical (unpaired) electrons. The number of hydrogen-bond donors (Lipinski definition) is 1. The summed E-state index contributed by atoms with van der Waals surface area (Å²) in [4.78, 5) is 9.04. The quantitative estimate of drug-likeness (QED) is 0.329. The summed E-state index contributed by atoms with van der Waals surface area (Å²) >= 11 is 8.25. The largest absolute Gasteiger partial charge is 0.497 e. The molecule has 0 atom stereocenters. The number of thiophene rings is 1. The van der Waals surface area contributed by atoms with Crippen LogP contribution < -0.4 is 9.47 Å². The van der Waals surface area contributed by atoms with Crippen molar-refractivity contribution in [3.63, 3.8) is 0 Å². The number of pyridine rings is 1. The zero-order valence-electron chi connectivity index (χ0n) is 16.3. The minimum Gasteiger partial charge on any atom is -0.497 e. The van der Waals surface area contributed by atoms with Crippen LogP contribution in [0.25, 0.3) is 27.3 Å². The van der Waals surface area contributed by atoms with Gasteiger partial charge in [0, 0.05) is 34.5 Å². The first-order valence-corrected chi connectivity index (χ1v) is 10.6. The smallest absolute Gasteiger partial charge is 0.198 e. The summed E-state index contributed by atoms with van der Waals surface area (Å²) in [5, 5.41) is 2.68. The average Bonchev–Trinajstić information content (AvgIpc) is 3.48. The number of aryl methyl sites for hydroxylation is 1. The molecule has 0 fully saturated rings. The topological polar surface area (TPSA) is 51.6 Å². The van der Waals surface area contributed by atoms with E-state index in [9.17, 15) is 0 Å². The molecule has 0 spiro atoms. The number of rotatable bonds is 5. The predicted octanol–water partition coefficient (Wildman–Crippen LogP) is 6.82. The van der Waals surface area contributed by atoms with Crippen LogP contribution in [0.4, 0.5) is 0 Å². The van der Waals surface area contributed by atoms with Crippen LogP contribution in [0.5, 0.6) is 17.4 Å². The van der Waals surface area contributed by atoms with Gasteiger partial charge in [0.25, 0.3) is 0 Å². The van der Waals surface area contributed by atoms with Crippen LogP contribution in [-0.2, 0) is 0 Å². The summed E-state index contributed by atoms with van der Waals surface area (Å²) in [6.45, 7) is 1.99. The van der Waals surface area contributed by atoms with Gasteiger partial charge in [-0.2, -0.15) is 0 Å². The number of ether oxygens (including phenoxy) is 2. The fraction of sp³-hybridized carbons (Fsp3) is 0.0870. The van der Waals surface area contributed by atoms with Crippen LogP contribution in [0.3, 0.4) is 0 Å². The second-order valence-corrected chi connectivity index (χ2v) is 8.18. The van der Waals surface area contributed by atoms with E-state index in [4.69, 9.17) is 21.1 Å². The van der Waals surface area contributed by atoms with E-state index in [0.717, 1.165) is 44.5 Å². The van der Waals surface area contributed by atoms with Crippen molar-refractivity contribution in [1.29, 1.82) is 0 Å². The number of fused-ring (bicyclic) bond motifs is 1. The molecule has 1 aromatic carbocycles. The maximum Gasteiger partial charge on any atom is 0.198 e. The highest BCUT2D eigenvalue weighted by Crippen LogP contribution is 2.35. The molecule has 7 heteroatoms. The number of aromatic nitrogens is 3. The van der Waals surface area contributed by atoms with Crippen LogP contribution in [0.2, 0.25) is 5.02 Å². The fourth-order valence-electron chi connectivity index (χ4n) is 3.48. The zero-order chi connectivity index (χ0) is 20.7. The van der Waals surface area contributed by atoms with E-state index in [2.05, 4.69) is 27.6 Å². The van der Waals surface area contributed by atoms with Crippen LogP contribution in [-0.4, -0.2) is 21.5 Å². The van der Waals surface area contributed by atoms with Crippen molar-refractivity contribution < 1.29 is 9.47 Å². The van der Waals surface area contributed by atoms with Gasteiger partial charge in [-0.15, -0.1) is 11.3 Å². The maximum absolute atomic E-state index is 6.57. The number of nitrogens with zero attached hydrogens (tertiary/aromatic N) is 2. The van der Waals surface area contributed by atoms with Gasteiger partial charge < -0.3 is 14.5 Å². The van der Waals surface area contributed by atoms with Gasteiger partial charge in [0.15, 0.2) is 11.5 Å². The molecule has 5 aromatic rings. The first-order chi connectivity index (χ1) is 14.6. The maximum atomic E-state index is 6.57. The van der Waals surface area contributed by atoms with Crippen molar-refractivity contribution in [2.75, 3.05) is 7.11 Å². The van der Waals surface area contributed by atoms with Gasteiger partial charge in [-0.3, -0.25) is 4.40 Å². The van der Waals surface area contributed by atoms with Gasteiger partial charge in [0.1, 0.15) is 11.5 Å². The Kier molecular flexibility index (Phi) is 4.73. The van der Waals surface area contributed by atoms with E-state index >= 15 is 0 Å². The minimum atomic E-state index is 0.625. The number of methoxy groups -OCH3 is 1. The molecule has 5 rings (SSSR count). The molecule has 0 aliphatic carbocycles. The van der Waals surface area contributed by atoms with E-state index in [1.165, 1.54) is 0 Å². The van der Waals surface area contributed by atoms with Crippen molar-refractivity contribution in [2.24, 2.45) is 0 Å². The second kappa shape index (κ2) is 7.55. The third kappa shape index (κ3) is 3.34. The monoisotopic (exact) mass is 435 g/mol. The Labute approximate surface area is 182 Å². The molecule has 1 N–H and O–H groups in total. The highest BCUT2D eigenvalue weighted by atomic mass is 35.5. The minimum absolute atomic E-state index is 0.625. The molecule has 0 bridgehead atoms. The molecule has 5 nitrogen and oxygen atoms in total. The zero-order valence-corrected chi connectivity index (χ0v) is 17.9. The van der Waals surface area contributed by atoms with Crippen LogP contribution >= 0.6 is 22.9 Å². The lowest BCUT2D eigenvalue weighted by molar-refractivity contribution is 0.412. The third-order valence-electron chi connectivity index (χ3n) is 4.87. The van der Waals surface area contributed by atoms with Crippen molar-refractivity contribution in [1.82, 2.24) is 14.4 Å². The average molecular weight is 436 g/mol. The number of halogens is 1. The molecule has 0 amide bonds. The SMILES string of the molecule is COc1ccc(Oc2cc(-c3c(C)nc4c(Cl)cc(-c5cccs5)cn34)c[nH]2)cc1. The van der Waals surface area contributed by atoms with E-state index < -0.39 is 0 Å². The van der Waals surface area contributed by atoms with E-state index in [-0.39, 0.29) is 0 Å². The first kappa shape index (κ1) is 18.8. The van der Waals surface area contributed by atoms with Crippen molar-refractivity contribution >= 4 is 28.6 Å². The first-order valence-electron chi connectivity index (χ1n) is 9.35.